The van der Waals surface area contributed by atoms with Gasteiger partial charge in [0.2, 0.25) is 0 Å². The largest absolute Gasteiger partial charge is 0.390 e. The quantitative estimate of drug-likeness (QED) is 0.0481. The van der Waals surface area contributed by atoms with Crippen molar-refractivity contribution in [1.82, 2.24) is 78.1 Å². The highest BCUT2D eigenvalue weighted by Crippen LogP contribution is 2.60. The number of nitrogens with one attached hydrogen (secondary N) is 4. The summed E-state index contributed by atoms with van der Waals surface area (Å²) in [6.45, 7) is 7.01. The molecule has 8 aliphatic rings. The highest BCUT2D eigenvalue weighted by molar-refractivity contribution is 9.11. The lowest BCUT2D eigenvalue weighted by atomic mass is 9.80. The summed E-state index contributed by atoms with van der Waals surface area (Å²) in [6, 6.07) is 38.4. The molecular weight excluding hydrogens is 2020 g/mol. The molecular formula is C98H104Br4N24O12. The Morgan fingerprint density at radius 2 is 0.558 bits per heavy atom. The van der Waals surface area contributed by atoms with Crippen LogP contribution in [0.15, 0.2) is 189 Å². The first-order valence-electron chi connectivity index (χ1n) is 46.0. The average molecular weight is 2130 g/mol. The minimum atomic E-state index is -0.930. The second kappa shape index (κ2) is 36.8. The van der Waals surface area contributed by atoms with Gasteiger partial charge in [-0.3, -0.25) is 0 Å². The van der Waals surface area contributed by atoms with Crippen molar-refractivity contribution in [2.24, 2.45) is 21.7 Å². The molecule has 24 rings (SSSR count). The molecule has 16 aromatic rings. The number of anilines is 8. The molecule has 4 aliphatic heterocycles. The fourth-order valence-electron chi connectivity index (χ4n) is 22.7. The lowest BCUT2D eigenvalue weighted by Crippen LogP contribution is -2.37. The topological polar surface area (TPSA) is 525 Å². The molecule has 12 aromatic heterocycles. The molecule has 0 amide bonds. The number of halogens is 4. The number of nitrogens with two attached hydrogens (primary N) is 4. The Hall–Kier alpha value is -11.2. The molecule has 8 fully saturated rings. The highest BCUT2D eigenvalue weighted by Gasteiger charge is 2.62. The van der Waals surface area contributed by atoms with Crippen LogP contribution >= 0.6 is 63.7 Å². The van der Waals surface area contributed by atoms with Gasteiger partial charge >= 0.3 is 0 Å². The van der Waals surface area contributed by atoms with Crippen LogP contribution in [0.4, 0.5) is 46.5 Å². The van der Waals surface area contributed by atoms with Gasteiger partial charge in [0, 0.05) is 95.2 Å². The Morgan fingerprint density at radius 3 is 0.790 bits per heavy atom. The molecule has 20 atom stereocenters. The van der Waals surface area contributed by atoms with Crippen LogP contribution in [0.1, 0.15) is 136 Å². The Balaban J connectivity index is 0.000000110. The van der Waals surface area contributed by atoms with E-state index in [4.69, 9.17) is 41.9 Å². The molecule has 20 N–H and O–H groups in total. The number of benzene rings is 4. The summed E-state index contributed by atoms with van der Waals surface area (Å²) in [6.07, 6.45) is 10.3. The van der Waals surface area contributed by atoms with E-state index in [9.17, 15) is 40.9 Å². The second-order valence-corrected chi connectivity index (χ2v) is 41.2. The van der Waals surface area contributed by atoms with Crippen LogP contribution < -0.4 is 44.2 Å². The van der Waals surface area contributed by atoms with E-state index in [1.807, 2.05) is 192 Å². The first-order valence-corrected chi connectivity index (χ1v) is 49.2. The summed E-state index contributed by atoms with van der Waals surface area (Å²) in [5.74, 6) is 4.75. The fourth-order valence-corrected chi connectivity index (χ4v) is 24.0. The van der Waals surface area contributed by atoms with Gasteiger partial charge in [0.05, 0.1) is 161 Å². The van der Waals surface area contributed by atoms with Crippen LogP contribution in [-0.4, -0.2) is 221 Å². The zero-order chi connectivity index (χ0) is 95.9. The van der Waals surface area contributed by atoms with E-state index < -0.39 is 70.5 Å². The van der Waals surface area contributed by atoms with Gasteiger partial charge in [-0.05, 0) is 224 Å². The number of hydrogen-bond donors (Lipinski definition) is 16. The van der Waals surface area contributed by atoms with E-state index in [0.29, 0.717) is 101 Å². The van der Waals surface area contributed by atoms with Crippen molar-refractivity contribution in [3.63, 3.8) is 0 Å². The van der Waals surface area contributed by atoms with E-state index in [0.717, 1.165) is 164 Å². The van der Waals surface area contributed by atoms with Gasteiger partial charge in [-0.25, -0.2) is 59.8 Å². The summed E-state index contributed by atoms with van der Waals surface area (Å²) in [4.78, 5) is 52.9. The molecule has 36 nitrogen and oxygen atoms in total. The molecule has 4 saturated heterocycles. The number of aliphatic hydroxyl groups is 8. The maximum absolute atomic E-state index is 11.2. The van der Waals surface area contributed by atoms with E-state index in [2.05, 4.69) is 145 Å². The van der Waals surface area contributed by atoms with Crippen molar-refractivity contribution in [2.45, 2.75) is 163 Å². The van der Waals surface area contributed by atoms with Crippen molar-refractivity contribution in [3.05, 3.63) is 212 Å². The van der Waals surface area contributed by atoms with Crippen LogP contribution in [-0.2, 0) is 18.9 Å². The van der Waals surface area contributed by atoms with Gasteiger partial charge < -0.3 is 122 Å². The Bertz CT molecular complexity index is 6960. The fraction of sp³-hybridized carbons (Fsp3) is 0.388. The van der Waals surface area contributed by atoms with Crippen molar-refractivity contribution in [3.8, 4) is 0 Å². The molecule has 40 heteroatoms. The van der Waals surface area contributed by atoms with E-state index >= 15 is 0 Å². The second-order valence-electron chi connectivity index (χ2n) is 37.8. The number of rotatable bonds is 14. The zero-order valence-corrected chi connectivity index (χ0v) is 81.8. The lowest BCUT2D eigenvalue weighted by molar-refractivity contribution is -0.0309. The van der Waals surface area contributed by atoms with Gasteiger partial charge in [-0.1, -0.05) is 48.5 Å². The third kappa shape index (κ3) is 16.3. The highest BCUT2D eigenvalue weighted by atomic mass is 79.9. The molecule has 4 aromatic carbocycles. The predicted octanol–water partition coefficient (Wildman–Crippen LogP) is 13.5. The summed E-state index contributed by atoms with van der Waals surface area (Å²) in [7, 11) is 3.63. The number of aromatic nitrogens is 16. The third-order valence-electron chi connectivity index (χ3n) is 29.9. The van der Waals surface area contributed by atoms with Gasteiger partial charge in [-0.2, -0.15) is 0 Å². The van der Waals surface area contributed by atoms with Crippen molar-refractivity contribution in [2.75, 3.05) is 97.8 Å². The average Bonchev–Trinajstić information content (AvgIpc) is 1.59. The van der Waals surface area contributed by atoms with Crippen LogP contribution in [0, 0.1) is 21.7 Å². The summed E-state index contributed by atoms with van der Waals surface area (Å²) >= 11 is 13.7. The number of nitrogen functional groups attached to an aromatic ring is 4. The maximum atomic E-state index is 11.2. The first-order chi connectivity index (χ1) is 66.6. The minimum absolute atomic E-state index is 0.198. The molecule has 4 spiro atoms. The first kappa shape index (κ1) is 93.2. The van der Waals surface area contributed by atoms with E-state index in [-0.39, 0.29) is 48.6 Å². The Kier molecular flexibility index (Phi) is 24.8. The Labute approximate surface area is 823 Å². The molecule has 716 valence electrons. The zero-order valence-electron chi connectivity index (χ0n) is 75.5. The molecule has 16 heterocycles. The predicted molar refractivity (Wildman–Crippen MR) is 539 cm³/mol. The molecule has 0 radical (unpaired) electrons. The number of fused-ring (bicyclic) bond motifs is 8. The van der Waals surface area contributed by atoms with Crippen molar-refractivity contribution < 1.29 is 59.8 Å². The number of ether oxygens (including phenoxy) is 4. The van der Waals surface area contributed by atoms with Crippen LogP contribution in [0.2, 0.25) is 0 Å². The third-order valence-corrected chi connectivity index (χ3v) is 32.4. The summed E-state index contributed by atoms with van der Waals surface area (Å²) < 4.78 is 35.7. The summed E-state index contributed by atoms with van der Waals surface area (Å²) in [5, 5.41) is 109. The van der Waals surface area contributed by atoms with Crippen molar-refractivity contribution in [1.29, 1.82) is 0 Å². The molecule has 0 unspecified atom stereocenters. The van der Waals surface area contributed by atoms with Crippen LogP contribution in [0.25, 0.3) is 87.7 Å². The van der Waals surface area contributed by atoms with Crippen molar-refractivity contribution >= 4 is 198 Å². The molecule has 4 saturated carbocycles. The molecule has 0 bridgehead atoms. The standard InChI is InChI=1S/2C25H27BrN6O3.2C24H25BrN6O3/c2*1-2-28-23-15-5-6-32(24(15)30-12-29-23)18-9-25(21(34)20(18)33)10-19(35-11-25)14-4-3-13-7-16(26)22(27)31-17(13)8-14;2*1-27-22-14-4-5-31(23(14)29-11-28-22)17-8-24(20(33)19(17)32)9-18(34-10-24)13-3-2-12-6-15(25)21(26)30-16(12)7-13/h2*3-8,12,18-21,33-34H,2,9-11H2,1H3,(H2,27,31)(H,28,29,30);2*2-7,11,17-20,32-33H,8-10H2,1H3,(H2,26,30)(H,27,28,29)/t18-,19+,20+,21+,25-;18-,19-,20+,21+,25-;17-,18+,19+,20+,24-;17-,18-,19+,20+,24-/m1111/s1. The number of hydrogen-bond acceptors (Lipinski definition) is 32. The van der Waals surface area contributed by atoms with E-state index in [1.54, 1.807) is 0 Å². The van der Waals surface area contributed by atoms with Gasteiger partial charge in [-0.15, -0.1) is 0 Å². The molecule has 4 aliphatic carbocycles. The number of nitrogens with zero attached hydrogens (tertiary/aromatic N) is 16. The maximum Gasteiger partial charge on any atom is 0.145 e. The SMILES string of the molecule is CCNc1ncnc2c1ccn2[C@@H]1C[C@@]2(CO[C@@H](c3ccc4cc(Br)c(N)nc4c3)C2)[C@@H](O)[C@H]1O.CCNc1ncnc2c1ccn2[C@@H]1C[C@@]2(CO[C@H](c3ccc4cc(Br)c(N)nc4c3)C2)[C@@H](O)[C@H]1O.CNc1ncnc2c1ccn2[C@@H]1C[C@@]2(CO[C@@H](c3ccc4cc(Br)c(N)nc4c3)C2)[C@@H](O)[C@H]1O.CNc1ncnc2c1ccn2[C@@H]1C[C@@]2(CO[C@H](c3ccc4cc(Br)c(N)nc4c3)C2)[C@@H](O)[C@H]1O. The van der Waals surface area contributed by atoms with Gasteiger partial charge in [0.15, 0.2) is 0 Å². The molecule has 138 heavy (non-hydrogen) atoms. The van der Waals surface area contributed by atoms with Gasteiger partial charge in [0.1, 0.15) is 119 Å². The van der Waals surface area contributed by atoms with Crippen LogP contribution in [0.3, 0.4) is 0 Å². The minimum Gasteiger partial charge on any atom is -0.390 e. The summed E-state index contributed by atoms with van der Waals surface area (Å²) in [5.41, 5.74) is 31.8. The number of pyridine rings is 4. The normalized spacial score (nSPS) is 28.7. The van der Waals surface area contributed by atoms with Crippen LogP contribution in [0.5, 0.6) is 0 Å². The van der Waals surface area contributed by atoms with E-state index in [1.165, 1.54) is 25.3 Å². The Morgan fingerprint density at radius 1 is 0.326 bits per heavy atom. The smallest absolute Gasteiger partial charge is 0.145 e. The monoisotopic (exact) mass is 2120 g/mol. The van der Waals surface area contributed by atoms with Gasteiger partial charge in [0.25, 0.3) is 0 Å². The number of aliphatic hydroxyl groups excluding tert-OH is 8. The lowest BCUT2D eigenvalue weighted by Gasteiger charge is -2.26.